The van der Waals surface area contributed by atoms with Gasteiger partial charge in [0.2, 0.25) is 5.91 Å². The molecule has 1 aromatic carbocycles. The summed E-state index contributed by atoms with van der Waals surface area (Å²) in [5.41, 5.74) is 0.773. The van der Waals surface area contributed by atoms with E-state index >= 15 is 0 Å². The Bertz CT molecular complexity index is 479. The molecule has 1 aromatic rings. The van der Waals surface area contributed by atoms with Crippen LogP contribution in [-0.2, 0) is 11.2 Å². The van der Waals surface area contributed by atoms with Gasteiger partial charge in [0.25, 0.3) is 0 Å². The Hall–Kier alpha value is -1.49. The number of hydrogen-bond donors (Lipinski definition) is 1. The SMILES string of the molecule is O=C(CO)N1CCC[C@@H](CCc2ccc(F)c(F)c2)C1. The molecule has 5 heteroatoms. The smallest absolute Gasteiger partial charge is 0.248 e. The lowest BCUT2D eigenvalue weighted by Gasteiger charge is -2.32. The molecule has 1 saturated heterocycles. The zero-order valence-electron chi connectivity index (χ0n) is 11.3. The van der Waals surface area contributed by atoms with Gasteiger partial charge in [-0.2, -0.15) is 0 Å². The van der Waals surface area contributed by atoms with Crippen molar-refractivity contribution in [1.29, 1.82) is 0 Å². The van der Waals surface area contributed by atoms with Crippen molar-refractivity contribution in [2.75, 3.05) is 19.7 Å². The molecule has 1 aliphatic heterocycles. The molecule has 1 atom stereocenters. The number of hydrogen-bond acceptors (Lipinski definition) is 2. The van der Waals surface area contributed by atoms with E-state index in [2.05, 4.69) is 0 Å². The molecule has 1 amide bonds. The van der Waals surface area contributed by atoms with Crippen LogP contribution in [0, 0.1) is 17.6 Å². The Labute approximate surface area is 117 Å². The van der Waals surface area contributed by atoms with E-state index in [-0.39, 0.29) is 5.91 Å². The van der Waals surface area contributed by atoms with E-state index in [4.69, 9.17) is 5.11 Å². The molecule has 0 aromatic heterocycles. The molecular formula is C15H19F2NO2. The fourth-order valence-corrected chi connectivity index (χ4v) is 2.69. The lowest BCUT2D eigenvalue weighted by atomic mass is 9.91. The van der Waals surface area contributed by atoms with Crippen LogP contribution in [0.2, 0.25) is 0 Å². The van der Waals surface area contributed by atoms with Crippen LogP contribution in [0.15, 0.2) is 18.2 Å². The normalized spacial score (nSPS) is 19.1. The maximum Gasteiger partial charge on any atom is 0.248 e. The van der Waals surface area contributed by atoms with Gasteiger partial charge >= 0.3 is 0 Å². The first-order chi connectivity index (χ1) is 9.60. The summed E-state index contributed by atoms with van der Waals surface area (Å²) >= 11 is 0. The number of amides is 1. The molecule has 0 aliphatic carbocycles. The maximum atomic E-state index is 13.1. The number of aliphatic hydroxyl groups excluding tert-OH is 1. The Balaban J connectivity index is 1.87. The number of aliphatic hydroxyl groups is 1. The van der Waals surface area contributed by atoms with Crippen LogP contribution < -0.4 is 0 Å². The number of piperidine rings is 1. The second-order valence-corrected chi connectivity index (χ2v) is 5.29. The Morgan fingerprint density at radius 1 is 1.35 bits per heavy atom. The molecule has 1 N–H and O–H groups in total. The van der Waals surface area contributed by atoms with Crippen LogP contribution in [-0.4, -0.2) is 35.6 Å². The summed E-state index contributed by atoms with van der Waals surface area (Å²) in [7, 11) is 0. The minimum absolute atomic E-state index is 0.234. The van der Waals surface area contributed by atoms with Crippen molar-refractivity contribution in [3.8, 4) is 0 Å². The number of carbonyl (C=O) groups excluding carboxylic acids is 1. The molecule has 1 aliphatic rings. The third kappa shape index (κ3) is 3.76. The van der Waals surface area contributed by atoms with Crippen molar-refractivity contribution in [1.82, 2.24) is 4.90 Å². The minimum Gasteiger partial charge on any atom is -0.387 e. The molecule has 20 heavy (non-hydrogen) atoms. The average molecular weight is 283 g/mol. The number of halogens is 2. The quantitative estimate of drug-likeness (QED) is 0.919. The van der Waals surface area contributed by atoms with Gasteiger partial charge in [-0.15, -0.1) is 0 Å². The number of rotatable bonds is 4. The highest BCUT2D eigenvalue weighted by atomic mass is 19.2. The Kier molecular flexibility index (Phi) is 5.06. The fourth-order valence-electron chi connectivity index (χ4n) is 2.69. The molecule has 0 bridgehead atoms. The minimum atomic E-state index is -0.828. The summed E-state index contributed by atoms with van der Waals surface area (Å²) in [6.45, 7) is 0.889. The van der Waals surface area contributed by atoms with Gasteiger partial charge in [-0.3, -0.25) is 4.79 Å². The summed E-state index contributed by atoms with van der Waals surface area (Å²) in [6.07, 6.45) is 3.45. The number of aryl methyl sites for hydroxylation is 1. The summed E-state index contributed by atoms with van der Waals surface area (Å²) in [4.78, 5) is 13.1. The molecule has 110 valence electrons. The van der Waals surface area contributed by atoms with Crippen LogP contribution >= 0.6 is 0 Å². The van der Waals surface area contributed by atoms with Crippen LogP contribution in [0.4, 0.5) is 8.78 Å². The van der Waals surface area contributed by atoms with Gasteiger partial charge in [0, 0.05) is 13.1 Å². The van der Waals surface area contributed by atoms with Crippen LogP contribution in [0.3, 0.4) is 0 Å². The zero-order chi connectivity index (χ0) is 14.5. The standard InChI is InChI=1S/C15H19F2NO2/c16-13-6-5-11(8-14(13)17)3-4-12-2-1-7-18(9-12)15(20)10-19/h5-6,8,12,19H,1-4,7,9-10H2/t12-/m0/s1. The molecule has 1 heterocycles. The van der Waals surface area contributed by atoms with Gasteiger partial charge in [0.05, 0.1) is 0 Å². The largest absolute Gasteiger partial charge is 0.387 e. The lowest BCUT2D eigenvalue weighted by molar-refractivity contribution is -0.136. The number of carbonyl (C=O) groups is 1. The predicted molar refractivity (Wildman–Crippen MR) is 71.1 cm³/mol. The van der Waals surface area contributed by atoms with Crippen molar-refractivity contribution in [3.63, 3.8) is 0 Å². The van der Waals surface area contributed by atoms with Gasteiger partial charge in [-0.25, -0.2) is 8.78 Å². The van der Waals surface area contributed by atoms with E-state index < -0.39 is 18.2 Å². The van der Waals surface area contributed by atoms with E-state index in [1.54, 1.807) is 11.0 Å². The second kappa shape index (κ2) is 6.79. The first-order valence-electron chi connectivity index (χ1n) is 6.92. The molecule has 0 saturated carbocycles. The topological polar surface area (TPSA) is 40.5 Å². The molecule has 1 fully saturated rings. The molecule has 0 unspecified atom stereocenters. The highest BCUT2D eigenvalue weighted by molar-refractivity contribution is 5.77. The van der Waals surface area contributed by atoms with Crippen LogP contribution in [0.1, 0.15) is 24.8 Å². The van der Waals surface area contributed by atoms with Crippen LogP contribution in [0.5, 0.6) is 0 Å². The fraction of sp³-hybridized carbons (Fsp3) is 0.533. The number of nitrogens with zero attached hydrogens (tertiary/aromatic N) is 1. The van der Waals surface area contributed by atoms with Crippen LogP contribution in [0.25, 0.3) is 0 Å². The summed E-state index contributed by atoms with van der Waals surface area (Å²) in [5.74, 6) is -1.52. The lowest BCUT2D eigenvalue weighted by Crippen LogP contribution is -2.41. The van der Waals surface area contributed by atoms with Gasteiger partial charge in [0.15, 0.2) is 11.6 Å². The Morgan fingerprint density at radius 2 is 2.15 bits per heavy atom. The number of likely N-dealkylation sites (tertiary alicyclic amines) is 1. The van der Waals surface area contributed by atoms with E-state index in [1.807, 2.05) is 0 Å². The van der Waals surface area contributed by atoms with E-state index in [0.717, 1.165) is 30.9 Å². The summed E-state index contributed by atoms with van der Waals surface area (Å²) in [6, 6.07) is 3.97. The van der Waals surface area contributed by atoms with E-state index in [9.17, 15) is 13.6 Å². The first-order valence-corrected chi connectivity index (χ1v) is 6.92. The monoisotopic (exact) mass is 283 g/mol. The summed E-state index contributed by atoms with van der Waals surface area (Å²) < 4.78 is 25.9. The summed E-state index contributed by atoms with van der Waals surface area (Å²) in [5, 5.41) is 8.87. The van der Waals surface area contributed by atoms with Crippen molar-refractivity contribution in [2.45, 2.75) is 25.7 Å². The first kappa shape index (κ1) is 14.9. The van der Waals surface area contributed by atoms with Crippen molar-refractivity contribution < 1.29 is 18.7 Å². The third-order valence-electron chi connectivity index (χ3n) is 3.83. The zero-order valence-corrected chi connectivity index (χ0v) is 11.3. The molecule has 3 nitrogen and oxygen atoms in total. The van der Waals surface area contributed by atoms with Crippen molar-refractivity contribution in [2.24, 2.45) is 5.92 Å². The van der Waals surface area contributed by atoms with Gasteiger partial charge in [-0.1, -0.05) is 6.07 Å². The third-order valence-corrected chi connectivity index (χ3v) is 3.83. The van der Waals surface area contributed by atoms with Crippen molar-refractivity contribution >= 4 is 5.91 Å². The molecular weight excluding hydrogens is 264 g/mol. The maximum absolute atomic E-state index is 13.1. The second-order valence-electron chi connectivity index (χ2n) is 5.29. The van der Waals surface area contributed by atoms with Gasteiger partial charge in [-0.05, 0) is 49.3 Å². The Morgan fingerprint density at radius 3 is 2.85 bits per heavy atom. The van der Waals surface area contributed by atoms with Gasteiger partial charge in [0.1, 0.15) is 6.61 Å². The van der Waals surface area contributed by atoms with E-state index in [0.29, 0.717) is 25.4 Å². The highest BCUT2D eigenvalue weighted by Gasteiger charge is 2.22. The predicted octanol–water partition coefficient (Wildman–Crippen LogP) is 2.13. The van der Waals surface area contributed by atoms with Crippen molar-refractivity contribution in [3.05, 3.63) is 35.4 Å². The molecule has 0 spiro atoms. The number of benzene rings is 1. The van der Waals surface area contributed by atoms with E-state index in [1.165, 1.54) is 6.07 Å². The highest BCUT2D eigenvalue weighted by Crippen LogP contribution is 2.22. The molecule has 0 radical (unpaired) electrons. The average Bonchev–Trinajstić information content (AvgIpc) is 2.48. The van der Waals surface area contributed by atoms with Gasteiger partial charge < -0.3 is 10.0 Å². The molecule has 2 rings (SSSR count).